The first-order valence-corrected chi connectivity index (χ1v) is 5.47. The highest BCUT2D eigenvalue weighted by atomic mass is 15.5. The molecule has 84 valence electrons. The number of aromatic nitrogens is 3. The third-order valence-corrected chi connectivity index (χ3v) is 2.41. The smallest absolute Gasteiger partial charge is 0.113 e. The lowest BCUT2D eigenvalue weighted by atomic mass is 10.1. The highest BCUT2D eigenvalue weighted by Gasteiger charge is 2.16. The second-order valence-corrected chi connectivity index (χ2v) is 5.06. The summed E-state index contributed by atoms with van der Waals surface area (Å²) in [5, 5.41) is 8.80. The van der Waals surface area contributed by atoms with Gasteiger partial charge in [0, 0.05) is 5.56 Å². The maximum atomic E-state index is 4.50. The van der Waals surface area contributed by atoms with Crippen LogP contribution in [0.25, 0.3) is 11.3 Å². The monoisotopic (exact) mass is 215 g/mol. The summed E-state index contributed by atoms with van der Waals surface area (Å²) in [5.41, 5.74) is 3.22. The lowest BCUT2D eigenvalue weighted by Crippen LogP contribution is -2.24. The molecule has 0 amide bonds. The number of benzene rings is 1. The third kappa shape index (κ3) is 2.13. The van der Waals surface area contributed by atoms with Crippen molar-refractivity contribution in [2.24, 2.45) is 0 Å². The fourth-order valence-corrected chi connectivity index (χ4v) is 1.52. The molecule has 1 aromatic heterocycles. The first-order chi connectivity index (χ1) is 7.47. The quantitative estimate of drug-likeness (QED) is 0.732. The minimum absolute atomic E-state index is 0.0674. The highest BCUT2D eigenvalue weighted by molar-refractivity contribution is 5.58. The van der Waals surface area contributed by atoms with Crippen LogP contribution in [0.15, 0.2) is 30.5 Å². The summed E-state index contributed by atoms with van der Waals surface area (Å²) in [4.78, 5) is 1.75. The van der Waals surface area contributed by atoms with Crippen LogP contribution in [0.1, 0.15) is 26.3 Å². The van der Waals surface area contributed by atoms with Gasteiger partial charge in [-0.25, -0.2) is 0 Å². The van der Waals surface area contributed by atoms with Crippen LogP contribution in [0.4, 0.5) is 0 Å². The van der Waals surface area contributed by atoms with Gasteiger partial charge in [-0.2, -0.15) is 15.0 Å². The van der Waals surface area contributed by atoms with Gasteiger partial charge in [0.15, 0.2) is 0 Å². The zero-order chi connectivity index (χ0) is 11.8. The normalized spacial score (nSPS) is 11.8. The van der Waals surface area contributed by atoms with E-state index >= 15 is 0 Å². The van der Waals surface area contributed by atoms with Crippen molar-refractivity contribution in [1.29, 1.82) is 0 Å². The Morgan fingerprint density at radius 1 is 1.19 bits per heavy atom. The third-order valence-electron chi connectivity index (χ3n) is 2.41. The van der Waals surface area contributed by atoms with E-state index in [4.69, 9.17) is 0 Å². The topological polar surface area (TPSA) is 30.7 Å². The van der Waals surface area contributed by atoms with Crippen LogP contribution in [0, 0.1) is 6.92 Å². The molecule has 0 bridgehead atoms. The van der Waals surface area contributed by atoms with Crippen molar-refractivity contribution in [3.8, 4) is 11.3 Å². The average molecular weight is 215 g/mol. The van der Waals surface area contributed by atoms with E-state index in [1.165, 1.54) is 5.56 Å². The Morgan fingerprint density at radius 2 is 1.94 bits per heavy atom. The Hall–Kier alpha value is -1.64. The second kappa shape index (κ2) is 3.74. The van der Waals surface area contributed by atoms with Crippen molar-refractivity contribution >= 4 is 0 Å². The van der Waals surface area contributed by atoms with E-state index in [1.807, 2.05) is 12.3 Å². The molecule has 0 fully saturated rings. The van der Waals surface area contributed by atoms with Gasteiger partial charge in [-0.05, 0) is 33.8 Å². The van der Waals surface area contributed by atoms with Gasteiger partial charge in [0.05, 0.1) is 11.7 Å². The molecule has 3 heteroatoms. The van der Waals surface area contributed by atoms with Crippen LogP contribution in [0.5, 0.6) is 0 Å². The number of rotatable bonds is 1. The lowest BCUT2D eigenvalue weighted by Gasteiger charge is -2.16. The minimum atomic E-state index is -0.0674. The van der Waals surface area contributed by atoms with E-state index in [-0.39, 0.29) is 5.54 Å². The molecule has 0 radical (unpaired) electrons. The van der Waals surface area contributed by atoms with Gasteiger partial charge in [-0.1, -0.05) is 23.8 Å². The first-order valence-electron chi connectivity index (χ1n) is 5.47. The number of nitrogens with zero attached hydrogens (tertiary/aromatic N) is 3. The Morgan fingerprint density at radius 3 is 2.50 bits per heavy atom. The van der Waals surface area contributed by atoms with Gasteiger partial charge in [0.2, 0.25) is 0 Å². The van der Waals surface area contributed by atoms with E-state index in [2.05, 4.69) is 56.1 Å². The van der Waals surface area contributed by atoms with Gasteiger partial charge in [0.1, 0.15) is 5.69 Å². The Balaban J connectivity index is 2.39. The first kappa shape index (κ1) is 10.9. The van der Waals surface area contributed by atoms with Gasteiger partial charge in [-0.15, -0.1) is 0 Å². The predicted molar refractivity (Wildman–Crippen MR) is 65.2 cm³/mol. The van der Waals surface area contributed by atoms with Crippen LogP contribution in [-0.2, 0) is 5.54 Å². The van der Waals surface area contributed by atoms with Crippen molar-refractivity contribution in [2.45, 2.75) is 33.2 Å². The van der Waals surface area contributed by atoms with Gasteiger partial charge >= 0.3 is 0 Å². The molecular weight excluding hydrogens is 198 g/mol. The minimum Gasteiger partial charge on any atom is -0.179 e. The van der Waals surface area contributed by atoms with E-state index in [0.717, 1.165) is 11.3 Å². The lowest BCUT2D eigenvalue weighted by molar-refractivity contribution is 0.313. The van der Waals surface area contributed by atoms with Crippen molar-refractivity contribution in [3.63, 3.8) is 0 Å². The molecule has 1 aromatic carbocycles. The summed E-state index contributed by atoms with van der Waals surface area (Å²) in [6.07, 6.45) is 1.82. The molecule has 3 nitrogen and oxygen atoms in total. The van der Waals surface area contributed by atoms with Crippen LogP contribution < -0.4 is 0 Å². The maximum absolute atomic E-state index is 4.50. The van der Waals surface area contributed by atoms with Crippen LogP contribution >= 0.6 is 0 Å². The van der Waals surface area contributed by atoms with Crippen molar-refractivity contribution in [2.75, 3.05) is 0 Å². The molecule has 1 heterocycles. The highest BCUT2D eigenvalue weighted by Crippen LogP contribution is 2.19. The molecule has 2 aromatic rings. The van der Waals surface area contributed by atoms with E-state index in [9.17, 15) is 0 Å². The average Bonchev–Trinajstić information content (AvgIpc) is 2.65. The fraction of sp³-hybridized carbons (Fsp3) is 0.385. The molecule has 0 aliphatic heterocycles. The largest absolute Gasteiger partial charge is 0.179 e. The van der Waals surface area contributed by atoms with Crippen LogP contribution in [-0.4, -0.2) is 15.0 Å². The van der Waals surface area contributed by atoms with Crippen molar-refractivity contribution < 1.29 is 0 Å². The molecule has 0 N–H and O–H groups in total. The zero-order valence-corrected chi connectivity index (χ0v) is 10.2. The van der Waals surface area contributed by atoms with Crippen molar-refractivity contribution in [1.82, 2.24) is 15.0 Å². The Labute approximate surface area is 96.1 Å². The number of hydrogen-bond donors (Lipinski definition) is 0. The molecular formula is C13H17N3. The predicted octanol–water partition coefficient (Wildman–Crippen LogP) is 3.01. The van der Waals surface area contributed by atoms with E-state index in [0.29, 0.717) is 0 Å². The molecule has 2 rings (SSSR count). The molecule has 0 saturated heterocycles. The molecule has 0 atom stereocenters. The molecule has 0 aliphatic rings. The van der Waals surface area contributed by atoms with E-state index < -0.39 is 0 Å². The Bertz CT molecular complexity index is 492. The number of hydrogen-bond acceptors (Lipinski definition) is 2. The van der Waals surface area contributed by atoms with Gasteiger partial charge in [-0.3, -0.25) is 0 Å². The molecule has 0 spiro atoms. The van der Waals surface area contributed by atoms with Crippen LogP contribution in [0.3, 0.4) is 0 Å². The van der Waals surface area contributed by atoms with Gasteiger partial charge < -0.3 is 0 Å². The summed E-state index contributed by atoms with van der Waals surface area (Å²) < 4.78 is 0. The summed E-state index contributed by atoms with van der Waals surface area (Å²) in [7, 11) is 0. The second-order valence-electron chi connectivity index (χ2n) is 5.06. The summed E-state index contributed by atoms with van der Waals surface area (Å²) in [5.74, 6) is 0. The van der Waals surface area contributed by atoms with E-state index in [1.54, 1.807) is 4.80 Å². The molecule has 0 aliphatic carbocycles. The summed E-state index contributed by atoms with van der Waals surface area (Å²) >= 11 is 0. The standard InChI is InChI=1S/C13H17N3/c1-10-6-5-7-11(8-10)12-9-14-16(15-12)13(2,3)4/h5-9H,1-4H3. The summed E-state index contributed by atoms with van der Waals surface area (Å²) in [6.45, 7) is 8.35. The number of aryl methyl sites for hydroxylation is 1. The molecule has 16 heavy (non-hydrogen) atoms. The van der Waals surface area contributed by atoms with Crippen molar-refractivity contribution in [3.05, 3.63) is 36.0 Å². The SMILES string of the molecule is Cc1cccc(-c2cnn(C(C)(C)C)n2)c1. The summed E-state index contributed by atoms with van der Waals surface area (Å²) in [6, 6.07) is 8.31. The van der Waals surface area contributed by atoms with Gasteiger partial charge in [0.25, 0.3) is 0 Å². The zero-order valence-electron chi connectivity index (χ0n) is 10.2. The molecule has 0 unspecified atom stereocenters. The Kier molecular flexibility index (Phi) is 2.54. The molecule has 0 saturated carbocycles. The maximum Gasteiger partial charge on any atom is 0.113 e. The van der Waals surface area contributed by atoms with Crippen LogP contribution in [0.2, 0.25) is 0 Å². The fourth-order valence-electron chi connectivity index (χ4n) is 1.52.